The molecule has 4 nitrogen and oxygen atoms in total. The topological polar surface area (TPSA) is 49.4 Å². The molecular weight excluding hydrogens is 355 g/mol. The molecule has 3 aliphatic rings. The molecule has 5 heteroatoms. The van der Waals surface area contributed by atoms with Gasteiger partial charge in [0.25, 0.3) is 0 Å². The molecule has 1 spiro atoms. The van der Waals surface area contributed by atoms with E-state index in [2.05, 4.69) is 5.32 Å². The Morgan fingerprint density at radius 3 is 2.46 bits per heavy atom. The van der Waals surface area contributed by atoms with Gasteiger partial charge >= 0.3 is 0 Å². The van der Waals surface area contributed by atoms with Gasteiger partial charge in [-0.3, -0.25) is 9.59 Å². The van der Waals surface area contributed by atoms with Crippen molar-refractivity contribution in [3.63, 3.8) is 0 Å². The number of likely N-dealkylation sites (tertiary alicyclic amines) is 1. The molecule has 4 rings (SSSR count). The Balaban J connectivity index is 1.34. The second kappa shape index (κ2) is 6.85. The number of nitrogens with one attached hydrogen (secondary N) is 1. The van der Waals surface area contributed by atoms with Gasteiger partial charge < -0.3 is 10.2 Å². The average molecular weight is 387 g/mol. The van der Waals surface area contributed by atoms with Gasteiger partial charge in [-0.2, -0.15) is 0 Å². The van der Waals surface area contributed by atoms with Crippen molar-refractivity contribution in [1.82, 2.24) is 10.2 Å². The number of halogens is 1. The van der Waals surface area contributed by atoms with Crippen molar-refractivity contribution in [2.24, 2.45) is 5.92 Å². The van der Waals surface area contributed by atoms with E-state index < -0.39 is 0 Å². The Hall–Kier alpha value is -1.91. The first kappa shape index (κ1) is 19.4. The second-order valence-electron chi connectivity index (χ2n) is 10.0. The highest BCUT2D eigenvalue weighted by atomic mass is 19.1. The zero-order chi connectivity index (χ0) is 20.1. The van der Waals surface area contributed by atoms with Gasteiger partial charge in [0.15, 0.2) is 0 Å². The first-order valence-corrected chi connectivity index (χ1v) is 10.6. The third kappa shape index (κ3) is 3.56. The zero-order valence-corrected chi connectivity index (χ0v) is 17.2. The summed E-state index contributed by atoms with van der Waals surface area (Å²) in [5, 5.41) is 3.06. The molecule has 1 saturated carbocycles. The van der Waals surface area contributed by atoms with Crippen molar-refractivity contribution in [2.45, 2.75) is 76.2 Å². The highest BCUT2D eigenvalue weighted by Crippen LogP contribution is 2.45. The Bertz CT molecular complexity index is 784. The predicted molar refractivity (Wildman–Crippen MR) is 106 cm³/mol. The Morgan fingerprint density at radius 1 is 1.21 bits per heavy atom. The van der Waals surface area contributed by atoms with Gasteiger partial charge in [-0.1, -0.05) is 32.9 Å². The Kier molecular flexibility index (Phi) is 4.75. The molecule has 2 amide bonds. The van der Waals surface area contributed by atoms with Crippen molar-refractivity contribution in [2.75, 3.05) is 13.1 Å². The smallest absolute Gasteiger partial charge is 0.225 e. The molecule has 0 unspecified atom stereocenters. The molecule has 0 bridgehead atoms. The van der Waals surface area contributed by atoms with Gasteiger partial charge in [0.05, 0.1) is 0 Å². The lowest BCUT2D eigenvalue weighted by Gasteiger charge is -2.46. The van der Waals surface area contributed by atoms with E-state index in [0.717, 1.165) is 50.8 Å². The molecular formula is C23H31FN2O2. The summed E-state index contributed by atoms with van der Waals surface area (Å²) < 4.78 is 14.2. The van der Waals surface area contributed by atoms with Crippen LogP contribution in [0, 0.1) is 11.7 Å². The van der Waals surface area contributed by atoms with Crippen molar-refractivity contribution in [3.8, 4) is 0 Å². The molecule has 0 atom stereocenters. The summed E-state index contributed by atoms with van der Waals surface area (Å²) in [5.74, 6) is 0.683. The monoisotopic (exact) mass is 386 g/mol. The number of piperidine rings is 1. The van der Waals surface area contributed by atoms with Crippen LogP contribution >= 0.6 is 0 Å². The van der Waals surface area contributed by atoms with Crippen LogP contribution in [0.5, 0.6) is 0 Å². The van der Waals surface area contributed by atoms with Crippen LogP contribution in [0.3, 0.4) is 0 Å². The summed E-state index contributed by atoms with van der Waals surface area (Å²) in [6.07, 6.45) is 4.92. The van der Waals surface area contributed by atoms with Crippen LogP contribution in [0.2, 0.25) is 0 Å². The summed E-state index contributed by atoms with van der Waals surface area (Å²) in [7, 11) is 0. The predicted octanol–water partition coefficient (Wildman–Crippen LogP) is 3.89. The average Bonchev–Trinajstić information content (AvgIpc) is 3.02. The summed E-state index contributed by atoms with van der Waals surface area (Å²) in [6.45, 7) is 7.64. The van der Waals surface area contributed by atoms with Crippen LogP contribution < -0.4 is 5.32 Å². The van der Waals surface area contributed by atoms with E-state index >= 15 is 0 Å². The number of benzene rings is 1. The van der Waals surface area contributed by atoms with Gasteiger partial charge in [-0.25, -0.2) is 4.39 Å². The van der Waals surface area contributed by atoms with E-state index in [4.69, 9.17) is 0 Å². The highest BCUT2D eigenvalue weighted by molar-refractivity contribution is 5.83. The van der Waals surface area contributed by atoms with Crippen LogP contribution in [0.15, 0.2) is 18.2 Å². The summed E-state index contributed by atoms with van der Waals surface area (Å²) >= 11 is 0. The Labute approximate surface area is 166 Å². The van der Waals surface area contributed by atoms with E-state index in [9.17, 15) is 14.0 Å². The summed E-state index contributed by atoms with van der Waals surface area (Å²) in [6, 6.07) is 5.53. The SMILES string of the molecule is CC(C)(C)c1cc(C2CCN(C(=O)C3CC4(CCC(=O)N4)C3)CC2)ccc1F. The maximum absolute atomic E-state index is 14.2. The molecule has 2 saturated heterocycles. The molecule has 0 aromatic heterocycles. The maximum Gasteiger partial charge on any atom is 0.225 e. The lowest BCUT2D eigenvalue weighted by Crippen LogP contribution is -2.57. The normalized spacial score (nSPS) is 28.4. The molecule has 1 aromatic carbocycles. The molecule has 1 aromatic rings. The quantitative estimate of drug-likeness (QED) is 0.838. The van der Waals surface area contributed by atoms with Gasteiger partial charge in [0.1, 0.15) is 5.82 Å². The molecule has 1 aliphatic carbocycles. The van der Waals surface area contributed by atoms with E-state index in [1.165, 1.54) is 5.56 Å². The van der Waals surface area contributed by atoms with E-state index in [-0.39, 0.29) is 34.5 Å². The standard InChI is InChI=1S/C23H31FN2O2/c1-22(2,3)18-12-16(4-5-19(18)24)15-7-10-26(11-8-15)21(28)17-13-23(14-17)9-6-20(27)25-23/h4-5,12,15,17H,6-11,13-14H2,1-3H3,(H,25,27). The fourth-order valence-corrected chi connectivity index (χ4v) is 5.20. The van der Waals surface area contributed by atoms with Crippen LogP contribution in [-0.4, -0.2) is 35.3 Å². The molecule has 3 fully saturated rings. The molecule has 152 valence electrons. The van der Waals surface area contributed by atoms with Crippen LogP contribution in [0.25, 0.3) is 0 Å². The van der Waals surface area contributed by atoms with Crippen molar-refractivity contribution >= 4 is 11.8 Å². The zero-order valence-electron chi connectivity index (χ0n) is 17.2. The third-order valence-electron chi connectivity index (χ3n) is 6.94. The van der Waals surface area contributed by atoms with E-state index in [0.29, 0.717) is 12.3 Å². The molecule has 2 heterocycles. The van der Waals surface area contributed by atoms with Crippen LogP contribution in [-0.2, 0) is 15.0 Å². The summed E-state index contributed by atoms with van der Waals surface area (Å²) in [4.78, 5) is 26.3. The van der Waals surface area contributed by atoms with Gasteiger partial charge in [-0.05, 0) is 60.6 Å². The Morgan fingerprint density at radius 2 is 1.89 bits per heavy atom. The number of hydrogen-bond donors (Lipinski definition) is 1. The van der Waals surface area contributed by atoms with Gasteiger partial charge in [0, 0.05) is 31.0 Å². The molecule has 0 radical (unpaired) electrons. The first-order valence-electron chi connectivity index (χ1n) is 10.6. The number of rotatable bonds is 2. The lowest BCUT2D eigenvalue weighted by atomic mass is 9.67. The van der Waals surface area contributed by atoms with Crippen molar-refractivity contribution in [1.29, 1.82) is 0 Å². The van der Waals surface area contributed by atoms with Crippen molar-refractivity contribution < 1.29 is 14.0 Å². The van der Waals surface area contributed by atoms with E-state index in [1.807, 2.05) is 37.8 Å². The number of nitrogens with zero attached hydrogens (tertiary/aromatic N) is 1. The largest absolute Gasteiger partial charge is 0.351 e. The lowest BCUT2D eigenvalue weighted by molar-refractivity contribution is -0.142. The maximum atomic E-state index is 14.2. The number of carbonyl (C=O) groups is 2. The minimum Gasteiger partial charge on any atom is -0.351 e. The number of carbonyl (C=O) groups excluding carboxylic acids is 2. The number of amides is 2. The number of hydrogen-bond acceptors (Lipinski definition) is 2. The van der Waals surface area contributed by atoms with Crippen LogP contribution in [0.4, 0.5) is 4.39 Å². The fourth-order valence-electron chi connectivity index (χ4n) is 5.20. The van der Waals surface area contributed by atoms with E-state index in [1.54, 1.807) is 6.07 Å². The highest BCUT2D eigenvalue weighted by Gasteiger charge is 2.51. The second-order valence-corrected chi connectivity index (χ2v) is 10.0. The molecule has 1 N–H and O–H groups in total. The van der Waals surface area contributed by atoms with Crippen LogP contribution in [0.1, 0.15) is 76.3 Å². The minimum atomic E-state index is -0.216. The molecule has 28 heavy (non-hydrogen) atoms. The third-order valence-corrected chi connectivity index (χ3v) is 6.94. The molecule has 2 aliphatic heterocycles. The minimum absolute atomic E-state index is 0.0632. The summed E-state index contributed by atoms with van der Waals surface area (Å²) in [5.41, 5.74) is 1.65. The first-order chi connectivity index (χ1) is 13.2. The van der Waals surface area contributed by atoms with Crippen molar-refractivity contribution in [3.05, 3.63) is 35.1 Å². The van der Waals surface area contributed by atoms with Gasteiger partial charge in [0.2, 0.25) is 11.8 Å². The fraction of sp³-hybridized carbons (Fsp3) is 0.652. The van der Waals surface area contributed by atoms with Gasteiger partial charge in [-0.15, -0.1) is 0 Å².